The number of benzene rings is 2. The van der Waals surface area contributed by atoms with Crippen molar-refractivity contribution in [2.75, 3.05) is 31.0 Å². The molecule has 2 fully saturated rings. The van der Waals surface area contributed by atoms with Gasteiger partial charge in [0.15, 0.2) is 0 Å². The summed E-state index contributed by atoms with van der Waals surface area (Å²) in [6, 6.07) is 8.24. The Kier molecular flexibility index (Phi) is 5.46. The van der Waals surface area contributed by atoms with E-state index in [1.54, 1.807) is 18.6 Å². The molecule has 32 heavy (non-hydrogen) atoms. The summed E-state index contributed by atoms with van der Waals surface area (Å²) in [5.74, 6) is 1.06. The Hall–Kier alpha value is -2.78. The maximum absolute atomic E-state index is 14.0. The standard InChI is InChI=1S/C23H25FN4O3S/c1-32(2,29)28-16-10-18(14-3-4-14)22-20(11-16)25-13-26-23(22)27-19-6-5-15(24)9-21(19)31-17-7-8-30-12-17/h5-6,9-11,13-14,17H,3-4,7-8,12H2,1-2H3,(H,25,26,27)/t17-/m0/s1. The minimum atomic E-state index is -2.29. The number of fused-ring (bicyclic) bond motifs is 1. The van der Waals surface area contributed by atoms with E-state index < -0.39 is 9.73 Å². The third-order valence-corrected chi connectivity index (χ3v) is 6.12. The van der Waals surface area contributed by atoms with Crippen LogP contribution in [0.2, 0.25) is 0 Å². The van der Waals surface area contributed by atoms with Crippen molar-refractivity contribution >= 4 is 37.8 Å². The molecular weight excluding hydrogens is 431 g/mol. The average molecular weight is 457 g/mol. The van der Waals surface area contributed by atoms with Gasteiger partial charge in [0.05, 0.1) is 30.1 Å². The highest BCUT2D eigenvalue weighted by Gasteiger charge is 2.28. The second-order valence-electron chi connectivity index (χ2n) is 8.57. The predicted octanol–water partition coefficient (Wildman–Crippen LogP) is 4.92. The topological polar surface area (TPSA) is 85.7 Å². The van der Waals surface area contributed by atoms with E-state index in [4.69, 9.17) is 9.47 Å². The fourth-order valence-electron chi connectivity index (χ4n) is 3.93. The van der Waals surface area contributed by atoms with Crippen molar-refractivity contribution in [1.82, 2.24) is 9.97 Å². The molecule has 0 bridgehead atoms. The van der Waals surface area contributed by atoms with Crippen LogP contribution in [-0.4, -0.2) is 46.0 Å². The molecular formula is C23H25FN4O3S. The third-order valence-electron chi connectivity index (χ3n) is 5.47. The highest BCUT2D eigenvalue weighted by Crippen LogP contribution is 2.46. The van der Waals surface area contributed by atoms with Crippen LogP contribution in [0.15, 0.2) is 41.0 Å². The minimum Gasteiger partial charge on any atom is -0.486 e. The number of ether oxygens (including phenoxy) is 2. The number of hydrogen-bond acceptors (Lipinski definition) is 7. The maximum Gasteiger partial charge on any atom is 0.146 e. The molecule has 1 saturated heterocycles. The van der Waals surface area contributed by atoms with Crippen molar-refractivity contribution in [2.24, 2.45) is 4.36 Å². The molecule has 9 heteroatoms. The molecule has 0 radical (unpaired) electrons. The zero-order valence-electron chi connectivity index (χ0n) is 18.0. The molecule has 0 unspecified atom stereocenters. The lowest BCUT2D eigenvalue weighted by Gasteiger charge is -2.18. The molecule has 1 aromatic heterocycles. The van der Waals surface area contributed by atoms with Gasteiger partial charge in [0.25, 0.3) is 0 Å². The van der Waals surface area contributed by atoms with Gasteiger partial charge in [0.2, 0.25) is 0 Å². The Morgan fingerprint density at radius 1 is 1.19 bits per heavy atom. The fourth-order valence-corrected chi connectivity index (χ4v) is 4.55. The molecule has 0 spiro atoms. The number of nitrogens with zero attached hydrogens (tertiary/aromatic N) is 3. The van der Waals surface area contributed by atoms with E-state index in [1.807, 2.05) is 12.1 Å². The van der Waals surface area contributed by atoms with Crippen LogP contribution in [0.4, 0.5) is 21.6 Å². The average Bonchev–Trinajstić information content (AvgIpc) is 3.45. The molecule has 1 aliphatic carbocycles. The number of hydrogen-bond donors (Lipinski definition) is 1. The molecule has 168 valence electrons. The minimum absolute atomic E-state index is 0.108. The Balaban J connectivity index is 1.58. The predicted molar refractivity (Wildman–Crippen MR) is 123 cm³/mol. The molecule has 7 nitrogen and oxygen atoms in total. The summed E-state index contributed by atoms with van der Waals surface area (Å²) in [6.45, 7) is 1.13. The van der Waals surface area contributed by atoms with Gasteiger partial charge in [0.1, 0.15) is 29.8 Å². The Morgan fingerprint density at radius 2 is 2.03 bits per heavy atom. The molecule has 2 aromatic carbocycles. The van der Waals surface area contributed by atoms with Gasteiger partial charge >= 0.3 is 0 Å². The molecule has 1 aliphatic heterocycles. The summed E-state index contributed by atoms with van der Waals surface area (Å²) in [5, 5.41) is 4.23. The summed E-state index contributed by atoms with van der Waals surface area (Å²) < 4.78 is 42.0. The van der Waals surface area contributed by atoms with E-state index in [9.17, 15) is 8.60 Å². The second kappa shape index (κ2) is 8.29. The van der Waals surface area contributed by atoms with E-state index in [0.717, 1.165) is 35.7 Å². The van der Waals surface area contributed by atoms with Crippen LogP contribution in [-0.2, 0) is 14.5 Å². The Morgan fingerprint density at radius 3 is 2.75 bits per heavy atom. The monoisotopic (exact) mass is 456 g/mol. The lowest BCUT2D eigenvalue weighted by atomic mass is 10.0. The van der Waals surface area contributed by atoms with E-state index in [-0.39, 0.29) is 11.9 Å². The number of aromatic nitrogens is 2. The number of halogens is 1. The molecule has 1 atom stereocenters. The zero-order valence-corrected chi connectivity index (χ0v) is 18.8. The Bertz CT molecular complexity index is 1290. The normalized spacial score (nSPS) is 18.7. The third kappa shape index (κ3) is 4.68. The number of rotatable bonds is 6. The molecule has 3 aromatic rings. The smallest absolute Gasteiger partial charge is 0.146 e. The Labute approximate surface area is 186 Å². The first kappa shape index (κ1) is 21.1. The van der Waals surface area contributed by atoms with Gasteiger partial charge < -0.3 is 14.8 Å². The first-order valence-electron chi connectivity index (χ1n) is 10.6. The summed E-state index contributed by atoms with van der Waals surface area (Å²) in [7, 11) is -2.29. The highest BCUT2D eigenvalue weighted by molar-refractivity contribution is 7.92. The number of nitrogens with one attached hydrogen (secondary N) is 1. The van der Waals surface area contributed by atoms with Crippen molar-refractivity contribution in [1.29, 1.82) is 0 Å². The van der Waals surface area contributed by atoms with Gasteiger partial charge in [-0.1, -0.05) is 0 Å². The van der Waals surface area contributed by atoms with E-state index in [2.05, 4.69) is 19.6 Å². The van der Waals surface area contributed by atoms with Gasteiger partial charge in [-0.05, 0) is 48.6 Å². The van der Waals surface area contributed by atoms with Crippen LogP contribution >= 0.6 is 0 Å². The van der Waals surface area contributed by atoms with Crippen LogP contribution in [0.1, 0.15) is 30.7 Å². The van der Waals surface area contributed by atoms with Gasteiger partial charge in [-0.25, -0.2) is 18.6 Å². The summed E-state index contributed by atoms with van der Waals surface area (Å²) in [4.78, 5) is 8.94. The molecule has 2 heterocycles. The van der Waals surface area contributed by atoms with Crippen LogP contribution in [0, 0.1) is 5.82 Å². The first-order valence-corrected chi connectivity index (χ1v) is 13.0. The van der Waals surface area contributed by atoms with Gasteiger partial charge in [0, 0.05) is 40.1 Å². The van der Waals surface area contributed by atoms with Gasteiger partial charge in [-0.15, -0.1) is 0 Å². The van der Waals surface area contributed by atoms with E-state index in [0.29, 0.717) is 42.1 Å². The largest absolute Gasteiger partial charge is 0.486 e. The zero-order chi connectivity index (χ0) is 22.3. The highest BCUT2D eigenvalue weighted by atomic mass is 32.2. The molecule has 5 rings (SSSR count). The van der Waals surface area contributed by atoms with Crippen molar-refractivity contribution in [3.05, 3.63) is 48.0 Å². The van der Waals surface area contributed by atoms with E-state index in [1.165, 1.54) is 18.5 Å². The van der Waals surface area contributed by atoms with Gasteiger partial charge in [-0.2, -0.15) is 4.36 Å². The maximum atomic E-state index is 14.0. The quantitative estimate of drug-likeness (QED) is 0.567. The van der Waals surface area contributed by atoms with Crippen LogP contribution in [0.25, 0.3) is 10.9 Å². The summed E-state index contributed by atoms with van der Waals surface area (Å²) in [6.07, 6.45) is 7.53. The second-order valence-corrected chi connectivity index (χ2v) is 11.1. The van der Waals surface area contributed by atoms with Crippen molar-refractivity contribution in [3.8, 4) is 5.75 Å². The fraction of sp³-hybridized carbons (Fsp3) is 0.391. The molecule has 2 aliphatic rings. The van der Waals surface area contributed by atoms with Crippen molar-refractivity contribution in [3.63, 3.8) is 0 Å². The van der Waals surface area contributed by atoms with Crippen LogP contribution < -0.4 is 10.1 Å². The first-order chi connectivity index (χ1) is 15.4. The van der Waals surface area contributed by atoms with Crippen molar-refractivity contribution < 1.29 is 18.1 Å². The number of anilines is 2. The molecule has 1 saturated carbocycles. The summed E-state index contributed by atoms with van der Waals surface area (Å²) >= 11 is 0. The molecule has 0 amide bonds. The lowest BCUT2D eigenvalue weighted by molar-refractivity contribution is 0.141. The van der Waals surface area contributed by atoms with Crippen LogP contribution in [0.3, 0.4) is 0 Å². The van der Waals surface area contributed by atoms with Crippen molar-refractivity contribution in [2.45, 2.75) is 31.3 Å². The lowest BCUT2D eigenvalue weighted by Crippen LogP contribution is -2.16. The summed E-state index contributed by atoms with van der Waals surface area (Å²) in [5.41, 5.74) is 3.09. The molecule has 1 N–H and O–H groups in total. The van der Waals surface area contributed by atoms with Crippen LogP contribution in [0.5, 0.6) is 5.75 Å². The SMILES string of the molecule is CS(C)(=O)=Nc1cc(C2CC2)c2c(Nc3ccc(F)cc3O[C@H]3CCOC3)ncnc2c1. The van der Waals surface area contributed by atoms with E-state index >= 15 is 0 Å². The van der Waals surface area contributed by atoms with Gasteiger partial charge in [-0.3, -0.25) is 0 Å².